The molecule has 5 heteroatoms. The molecule has 0 unspecified atom stereocenters. The standard InChI is InChI=1S/C16H17FN2O2/c1-10-3-5-13(7-11(10)2)21-9-16(20)19-15-6-4-12(17)8-14(15)18/h3-8H,9,18H2,1-2H3,(H,19,20). The summed E-state index contributed by atoms with van der Waals surface area (Å²) < 4.78 is 18.3. The zero-order valence-corrected chi connectivity index (χ0v) is 11.9. The molecule has 4 nitrogen and oxygen atoms in total. The lowest BCUT2D eigenvalue weighted by molar-refractivity contribution is -0.118. The second-order valence-corrected chi connectivity index (χ2v) is 4.81. The largest absolute Gasteiger partial charge is 0.484 e. The number of benzene rings is 2. The van der Waals surface area contributed by atoms with Gasteiger partial charge in [-0.15, -0.1) is 0 Å². The highest BCUT2D eigenvalue weighted by Gasteiger charge is 2.07. The molecule has 0 saturated carbocycles. The van der Waals surface area contributed by atoms with Gasteiger partial charge in [-0.25, -0.2) is 4.39 Å². The van der Waals surface area contributed by atoms with Crippen molar-refractivity contribution in [1.82, 2.24) is 0 Å². The van der Waals surface area contributed by atoms with Crippen LogP contribution in [0.5, 0.6) is 5.75 Å². The second kappa shape index (κ2) is 6.26. The number of amides is 1. The third kappa shape index (κ3) is 3.95. The molecular formula is C16H17FN2O2. The molecular weight excluding hydrogens is 271 g/mol. The molecule has 1 amide bonds. The third-order valence-electron chi connectivity index (χ3n) is 3.14. The summed E-state index contributed by atoms with van der Waals surface area (Å²) in [4.78, 5) is 11.8. The highest BCUT2D eigenvalue weighted by molar-refractivity contribution is 5.94. The normalized spacial score (nSPS) is 10.2. The molecule has 0 fully saturated rings. The van der Waals surface area contributed by atoms with Crippen LogP contribution in [0.2, 0.25) is 0 Å². The van der Waals surface area contributed by atoms with Crippen molar-refractivity contribution in [2.24, 2.45) is 0 Å². The Morgan fingerprint density at radius 1 is 1.19 bits per heavy atom. The summed E-state index contributed by atoms with van der Waals surface area (Å²) in [5.74, 6) is -0.177. The lowest BCUT2D eigenvalue weighted by Gasteiger charge is -2.10. The van der Waals surface area contributed by atoms with Crippen molar-refractivity contribution >= 4 is 17.3 Å². The summed E-state index contributed by atoms with van der Waals surface area (Å²) in [6.07, 6.45) is 0. The minimum atomic E-state index is -0.447. The van der Waals surface area contributed by atoms with Crippen LogP contribution >= 0.6 is 0 Å². The molecule has 0 atom stereocenters. The Bertz CT molecular complexity index is 671. The van der Waals surface area contributed by atoms with E-state index in [1.807, 2.05) is 32.0 Å². The number of carbonyl (C=O) groups is 1. The van der Waals surface area contributed by atoms with Crippen LogP contribution in [0, 0.1) is 19.7 Å². The summed E-state index contributed by atoms with van der Waals surface area (Å²) >= 11 is 0. The van der Waals surface area contributed by atoms with Gasteiger partial charge in [0.1, 0.15) is 11.6 Å². The third-order valence-corrected chi connectivity index (χ3v) is 3.14. The van der Waals surface area contributed by atoms with Crippen molar-refractivity contribution in [3.8, 4) is 5.75 Å². The first kappa shape index (κ1) is 14.8. The molecule has 0 saturated heterocycles. The Morgan fingerprint density at radius 2 is 1.95 bits per heavy atom. The van der Waals surface area contributed by atoms with Gasteiger partial charge in [-0.2, -0.15) is 0 Å². The van der Waals surface area contributed by atoms with Gasteiger partial charge in [-0.3, -0.25) is 4.79 Å². The Kier molecular flexibility index (Phi) is 4.42. The zero-order chi connectivity index (χ0) is 15.4. The highest BCUT2D eigenvalue weighted by atomic mass is 19.1. The van der Waals surface area contributed by atoms with E-state index in [-0.39, 0.29) is 18.2 Å². The maximum atomic E-state index is 12.9. The molecule has 0 bridgehead atoms. The van der Waals surface area contributed by atoms with Gasteiger partial charge in [0.05, 0.1) is 11.4 Å². The smallest absolute Gasteiger partial charge is 0.262 e. The number of hydrogen-bond donors (Lipinski definition) is 2. The lowest BCUT2D eigenvalue weighted by atomic mass is 10.1. The minimum Gasteiger partial charge on any atom is -0.484 e. The molecule has 0 aromatic heterocycles. The van der Waals surface area contributed by atoms with Crippen molar-refractivity contribution in [2.45, 2.75) is 13.8 Å². The predicted molar refractivity (Wildman–Crippen MR) is 80.9 cm³/mol. The molecule has 2 aromatic carbocycles. The number of nitrogens with one attached hydrogen (secondary N) is 1. The first-order chi connectivity index (χ1) is 9.95. The Morgan fingerprint density at radius 3 is 2.62 bits per heavy atom. The number of halogens is 1. The maximum absolute atomic E-state index is 12.9. The van der Waals surface area contributed by atoms with Crippen molar-refractivity contribution in [1.29, 1.82) is 0 Å². The lowest BCUT2D eigenvalue weighted by Crippen LogP contribution is -2.20. The minimum absolute atomic E-state index is 0.140. The first-order valence-corrected chi connectivity index (χ1v) is 6.50. The molecule has 2 rings (SSSR count). The summed E-state index contributed by atoms with van der Waals surface area (Å²) in [6, 6.07) is 9.41. The van der Waals surface area contributed by atoms with E-state index in [4.69, 9.17) is 10.5 Å². The van der Waals surface area contributed by atoms with E-state index in [9.17, 15) is 9.18 Å². The summed E-state index contributed by atoms with van der Waals surface area (Å²) in [5.41, 5.74) is 8.41. The van der Waals surface area contributed by atoms with Crippen molar-refractivity contribution < 1.29 is 13.9 Å². The van der Waals surface area contributed by atoms with Crippen LogP contribution in [0.25, 0.3) is 0 Å². The van der Waals surface area contributed by atoms with E-state index < -0.39 is 5.82 Å². The van der Waals surface area contributed by atoms with Gasteiger partial charge in [0, 0.05) is 0 Å². The maximum Gasteiger partial charge on any atom is 0.262 e. The number of nitrogens with two attached hydrogens (primary N) is 1. The fraction of sp³-hybridized carbons (Fsp3) is 0.188. The molecule has 2 aromatic rings. The quantitative estimate of drug-likeness (QED) is 0.850. The van der Waals surface area contributed by atoms with Crippen LogP contribution in [0.3, 0.4) is 0 Å². The number of hydrogen-bond acceptors (Lipinski definition) is 3. The molecule has 0 aliphatic heterocycles. The fourth-order valence-electron chi connectivity index (χ4n) is 1.79. The number of rotatable bonds is 4. The van der Waals surface area contributed by atoms with Gasteiger partial charge >= 0.3 is 0 Å². The average molecular weight is 288 g/mol. The molecule has 21 heavy (non-hydrogen) atoms. The highest BCUT2D eigenvalue weighted by Crippen LogP contribution is 2.19. The van der Waals surface area contributed by atoms with Crippen LogP contribution in [-0.4, -0.2) is 12.5 Å². The van der Waals surface area contributed by atoms with Crippen molar-refractivity contribution in [3.05, 3.63) is 53.3 Å². The molecule has 0 radical (unpaired) electrons. The number of ether oxygens (including phenoxy) is 1. The number of anilines is 2. The van der Waals surface area contributed by atoms with E-state index in [1.54, 1.807) is 0 Å². The number of nitrogen functional groups attached to an aromatic ring is 1. The van der Waals surface area contributed by atoms with Gasteiger partial charge in [-0.1, -0.05) is 6.07 Å². The zero-order valence-electron chi connectivity index (χ0n) is 11.9. The van der Waals surface area contributed by atoms with Crippen LogP contribution in [0.1, 0.15) is 11.1 Å². The Hall–Kier alpha value is -2.56. The molecule has 0 heterocycles. The Balaban J connectivity index is 1.94. The predicted octanol–water partition coefficient (Wildman–Crippen LogP) is 3.04. The van der Waals surface area contributed by atoms with E-state index in [0.29, 0.717) is 11.4 Å². The van der Waals surface area contributed by atoms with Gasteiger partial charge in [0.25, 0.3) is 5.91 Å². The van der Waals surface area contributed by atoms with E-state index in [0.717, 1.165) is 17.2 Å². The molecule has 0 aliphatic carbocycles. The monoisotopic (exact) mass is 288 g/mol. The number of aryl methyl sites for hydroxylation is 2. The topological polar surface area (TPSA) is 64.3 Å². The first-order valence-electron chi connectivity index (χ1n) is 6.50. The molecule has 0 spiro atoms. The summed E-state index contributed by atoms with van der Waals surface area (Å²) in [6.45, 7) is 3.84. The van der Waals surface area contributed by atoms with Crippen molar-refractivity contribution in [2.75, 3.05) is 17.7 Å². The molecule has 110 valence electrons. The molecule has 3 N–H and O–H groups in total. The Labute approximate surface area is 122 Å². The number of carbonyl (C=O) groups excluding carboxylic acids is 1. The van der Waals surface area contributed by atoms with Crippen LogP contribution in [0.15, 0.2) is 36.4 Å². The van der Waals surface area contributed by atoms with E-state index >= 15 is 0 Å². The SMILES string of the molecule is Cc1ccc(OCC(=O)Nc2ccc(F)cc2N)cc1C. The average Bonchev–Trinajstić information content (AvgIpc) is 2.43. The van der Waals surface area contributed by atoms with Crippen LogP contribution < -0.4 is 15.8 Å². The molecule has 0 aliphatic rings. The summed E-state index contributed by atoms with van der Waals surface area (Å²) in [7, 11) is 0. The van der Waals surface area contributed by atoms with Crippen LogP contribution in [-0.2, 0) is 4.79 Å². The fourth-order valence-corrected chi connectivity index (χ4v) is 1.79. The van der Waals surface area contributed by atoms with E-state index in [1.165, 1.54) is 12.1 Å². The van der Waals surface area contributed by atoms with E-state index in [2.05, 4.69) is 5.32 Å². The van der Waals surface area contributed by atoms with Gasteiger partial charge in [0.2, 0.25) is 0 Å². The second-order valence-electron chi connectivity index (χ2n) is 4.81. The van der Waals surface area contributed by atoms with Gasteiger partial charge < -0.3 is 15.8 Å². The van der Waals surface area contributed by atoms with Gasteiger partial charge in [-0.05, 0) is 55.3 Å². The van der Waals surface area contributed by atoms with Crippen LogP contribution in [0.4, 0.5) is 15.8 Å². The van der Waals surface area contributed by atoms with Gasteiger partial charge in [0.15, 0.2) is 6.61 Å². The van der Waals surface area contributed by atoms with Crippen molar-refractivity contribution in [3.63, 3.8) is 0 Å². The summed E-state index contributed by atoms with van der Waals surface area (Å²) in [5, 5.41) is 2.58.